The van der Waals surface area contributed by atoms with E-state index in [4.69, 9.17) is 11.5 Å². The first-order valence-electron chi connectivity index (χ1n) is 39.1. The molecule has 3 heterocycles. The van der Waals surface area contributed by atoms with Crippen LogP contribution in [0.2, 0.25) is 0 Å². The molecule has 1 aromatic heterocycles. The van der Waals surface area contributed by atoms with Crippen molar-refractivity contribution in [3.05, 3.63) is 71.9 Å². The molecule has 2 fully saturated rings. The highest BCUT2D eigenvalue weighted by molar-refractivity contribution is 6.03. The summed E-state index contributed by atoms with van der Waals surface area (Å²) in [6.07, 6.45) is -0.475. The van der Waals surface area contributed by atoms with E-state index in [-0.39, 0.29) is 51.8 Å². The monoisotopic (exact) mass is 1650 g/mol. The SMILES string of the molecule is CC[C@@](C)(NC(=O)[C@H](CCC(N)=O)NC(=O)C(C)(C)NC(=O)[C@H](Cc1c[nH]c2ccccc12)NC(C)=O)C(=O)NCC(=O)NC(C)(C)C(=O)N[C@@H](C)C(=O)NC(C)(C)C(=O)NC(C)(C)C(=O)NCC(=O)N[C@@H](CCC(N)=O)C(=O)N[C@](C)(CC)C(=O)N1C[C@H](O)C[C@H]1C(=O)NC(C)(C)C(=O)N1CCC[C@H]1C(=O)N[C@H](CO)Cc1ccccc1. The average Bonchev–Trinajstić information content (AvgIpc) is 1.59. The highest BCUT2D eigenvalue weighted by Gasteiger charge is 2.50. The number of benzene rings is 2. The zero-order valence-corrected chi connectivity index (χ0v) is 70.0. The van der Waals surface area contributed by atoms with Crippen molar-refractivity contribution in [2.75, 3.05) is 32.8 Å². The molecule has 39 heteroatoms. The van der Waals surface area contributed by atoms with Crippen molar-refractivity contribution in [3.8, 4) is 0 Å². The molecule has 0 aliphatic carbocycles. The fourth-order valence-corrected chi connectivity index (χ4v) is 13.1. The summed E-state index contributed by atoms with van der Waals surface area (Å²) < 4.78 is 0. The fraction of sp³-hybridized carbons (Fsp3) is 0.595. The lowest BCUT2D eigenvalue weighted by atomic mass is 9.94. The van der Waals surface area contributed by atoms with Crippen LogP contribution in [-0.4, -0.2) is 251 Å². The molecule has 118 heavy (non-hydrogen) atoms. The van der Waals surface area contributed by atoms with E-state index in [9.17, 15) is 96.5 Å². The number of fused-ring (bicyclic) bond motifs is 1. The van der Waals surface area contributed by atoms with E-state index in [1.807, 2.05) is 54.6 Å². The Labute approximate surface area is 684 Å². The zero-order valence-electron chi connectivity index (χ0n) is 70.0. The summed E-state index contributed by atoms with van der Waals surface area (Å²) in [6, 6.07) is 7.94. The third-order valence-corrected chi connectivity index (χ3v) is 20.7. The molecule has 18 amide bonds. The molecule has 0 spiro atoms. The van der Waals surface area contributed by atoms with Crippen molar-refractivity contribution in [1.29, 1.82) is 0 Å². The zero-order chi connectivity index (χ0) is 89.0. The Hall–Kier alpha value is -11.6. The first-order valence-corrected chi connectivity index (χ1v) is 39.1. The number of nitrogens with zero attached hydrogens (tertiary/aromatic N) is 2. The summed E-state index contributed by atoms with van der Waals surface area (Å²) in [5.41, 5.74) is 0.756. The van der Waals surface area contributed by atoms with Crippen LogP contribution in [0.1, 0.15) is 180 Å². The summed E-state index contributed by atoms with van der Waals surface area (Å²) >= 11 is 0. The second-order valence-electron chi connectivity index (χ2n) is 33.1. The lowest BCUT2D eigenvalue weighted by Gasteiger charge is -2.37. The molecule has 0 radical (unpaired) electrons. The Balaban J connectivity index is 1.11. The van der Waals surface area contributed by atoms with E-state index in [1.165, 1.54) is 109 Å². The van der Waals surface area contributed by atoms with Crippen LogP contribution in [0.15, 0.2) is 60.8 Å². The summed E-state index contributed by atoms with van der Waals surface area (Å²) in [5.74, 6) is -15.1. The molecule has 3 aromatic rings. The van der Waals surface area contributed by atoms with E-state index < -0.39 is 226 Å². The minimum absolute atomic E-state index is 0.0379. The molecule has 0 bridgehead atoms. The van der Waals surface area contributed by atoms with Crippen molar-refractivity contribution < 1.29 is 96.5 Å². The number of carbonyl (C=O) groups excluding carboxylic acids is 18. The molecule has 2 aliphatic rings. The van der Waals surface area contributed by atoms with Gasteiger partial charge in [-0.15, -0.1) is 0 Å². The largest absolute Gasteiger partial charge is 0.394 e. The van der Waals surface area contributed by atoms with Crippen molar-refractivity contribution >= 4 is 117 Å². The number of H-pyrrole nitrogens is 1. The second-order valence-corrected chi connectivity index (χ2v) is 33.1. The Morgan fingerprint density at radius 3 is 1.61 bits per heavy atom. The van der Waals surface area contributed by atoms with E-state index in [0.717, 1.165) is 21.4 Å². The number of nitrogens with two attached hydrogens (primary N) is 2. The molecule has 21 N–H and O–H groups in total. The molecule has 0 unspecified atom stereocenters. The van der Waals surface area contributed by atoms with Crippen molar-refractivity contribution in [3.63, 3.8) is 0 Å². The quantitative estimate of drug-likeness (QED) is 0.0258. The Bertz CT molecular complexity index is 4260. The maximum atomic E-state index is 14.6. The maximum Gasteiger partial charge on any atom is 0.248 e. The number of aromatic nitrogens is 1. The molecular formula is C79H119N19O20. The fourth-order valence-electron chi connectivity index (χ4n) is 13.1. The molecule has 39 nitrogen and oxygen atoms in total. The van der Waals surface area contributed by atoms with Gasteiger partial charge in [0.25, 0.3) is 0 Å². The van der Waals surface area contributed by atoms with Crippen LogP contribution < -0.4 is 85.9 Å². The normalized spacial score (nSPS) is 17.3. The second kappa shape index (κ2) is 41.0. The van der Waals surface area contributed by atoms with E-state index in [1.54, 1.807) is 13.1 Å². The maximum absolute atomic E-state index is 14.6. The number of aliphatic hydroxyl groups is 2. The van der Waals surface area contributed by atoms with Gasteiger partial charge in [0.05, 0.1) is 31.8 Å². The number of para-hydroxylation sites is 1. The molecule has 2 saturated heterocycles. The number of nitrogens with one attached hydrogen (secondary N) is 15. The summed E-state index contributed by atoms with van der Waals surface area (Å²) in [6.45, 7) is 19.3. The van der Waals surface area contributed by atoms with Gasteiger partial charge in [-0.3, -0.25) is 86.3 Å². The molecule has 650 valence electrons. The number of β-amino-alcohol motifs (C(OH)–C–C–N with tert-alkyl or cyclic N) is 1. The van der Waals surface area contributed by atoms with E-state index >= 15 is 0 Å². The Kier molecular flexibility index (Phi) is 33.7. The topological polar surface area (TPSA) is 590 Å². The first kappa shape index (κ1) is 96.9. The van der Waals surface area contributed by atoms with Gasteiger partial charge < -0.3 is 111 Å². The minimum Gasteiger partial charge on any atom is -0.394 e. The minimum atomic E-state index is -1.85. The molecule has 5 rings (SSSR count). The summed E-state index contributed by atoms with van der Waals surface area (Å²) in [7, 11) is 0. The summed E-state index contributed by atoms with van der Waals surface area (Å²) in [4.78, 5) is 250. The lowest BCUT2D eigenvalue weighted by molar-refractivity contribution is -0.148. The highest BCUT2D eigenvalue weighted by atomic mass is 16.3. The number of carbonyl (C=O) groups is 18. The van der Waals surface area contributed by atoms with Crippen molar-refractivity contribution in [2.24, 2.45) is 11.5 Å². The van der Waals surface area contributed by atoms with Crippen molar-refractivity contribution in [1.82, 2.24) is 89.2 Å². The van der Waals surface area contributed by atoms with Crippen LogP contribution >= 0.6 is 0 Å². The average molecular weight is 1650 g/mol. The molecule has 2 aromatic carbocycles. The smallest absolute Gasteiger partial charge is 0.248 e. The predicted octanol–water partition coefficient (Wildman–Crippen LogP) is -3.83. The number of aliphatic hydroxyl groups excluding tert-OH is 2. The van der Waals surface area contributed by atoms with E-state index in [0.29, 0.717) is 24.8 Å². The van der Waals surface area contributed by atoms with Gasteiger partial charge in [0, 0.05) is 62.8 Å². The number of rotatable bonds is 42. The van der Waals surface area contributed by atoms with Gasteiger partial charge in [-0.25, -0.2) is 0 Å². The van der Waals surface area contributed by atoms with Gasteiger partial charge in [0.2, 0.25) is 106 Å². The third kappa shape index (κ3) is 27.0. The van der Waals surface area contributed by atoms with Crippen LogP contribution in [0.5, 0.6) is 0 Å². The van der Waals surface area contributed by atoms with Gasteiger partial charge in [0.15, 0.2) is 0 Å². The number of likely N-dealkylation sites (tertiary alicyclic amines) is 2. The van der Waals surface area contributed by atoms with Crippen molar-refractivity contribution in [2.45, 2.75) is 269 Å². The van der Waals surface area contributed by atoms with Crippen LogP contribution in [0.3, 0.4) is 0 Å². The Morgan fingerprint density at radius 2 is 1.03 bits per heavy atom. The number of amides is 18. The number of hydrogen-bond donors (Lipinski definition) is 19. The third-order valence-electron chi connectivity index (χ3n) is 20.7. The van der Waals surface area contributed by atoms with E-state index in [2.05, 4.69) is 79.4 Å². The Morgan fingerprint density at radius 1 is 0.508 bits per heavy atom. The van der Waals surface area contributed by atoms with Crippen LogP contribution in [0.25, 0.3) is 10.9 Å². The van der Waals surface area contributed by atoms with Crippen LogP contribution in [-0.2, 0) is 99.1 Å². The molecule has 2 aliphatic heterocycles. The predicted molar refractivity (Wildman–Crippen MR) is 429 cm³/mol. The van der Waals surface area contributed by atoms with Crippen LogP contribution in [0.4, 0.5) is 0 Å². The first-order chi connectivity index (χ1) is 54.7. The number of aromatic amines is 1. The van der Waals surface area contributed by atoms with Gasteiger partial charge >= 0.3 is 0 Å². The highest BCUT2D eigenvalue weighted by Crippen LogP contribution is 2.28. The standard InChI is InChI=1S/C79H119N19O20/c1-17-78(15,94-62(108)52(31-33-57(81)103)89-68(114)75(9,10)92-63(109)53(86-44(4)100)36-46-38-82-50-28-23-22-27-49(46)50)70(116)84-40-59(105)90-74(7,8)67(113)85-43(3)60(106)91-76(11,12)69(115)96-73(5,6)66(112)83-39-58(104)88-51(30-32-56(80)102)61(107)95-79(16,18-2)72(118)98-41-48(101)37-55(98)65(111)93-77(13,14)71(117)97-34-24-29-54(97)64(110)87-47(42-99)35-45-25-20-19-21-26-45/h19-23,25-28,38,43,47-48,51-55,82,99,101H,17-18,24,29-37,39-42H2,1-16H3,(H2,80,102)(H2,81,103)(H,83,112)(H,84,116)(H,85,113)(H,86,100)(H,87,110)(H,88,104)(H,89,114)(H,90,105)(H,91,106)(H,92,109)(H,93,111)(H,94,108)(H,95,107)(H,96,115)/t43-,47-,48+,51-,52-,53-,54-,55-,78+,79+/m0/s1. The molecule has 10 atom stereocenters. The van der Waals surface area contributed by atoms with Gasteiger partial charge in [0.1, 0.15) is 75.0 Å². The molecular weight excluding hydrogens is 1530 g/mol. The lowest BCUT2D eigenvalue weighted by Crippen LogP contribution is -2.65. The molecule has 0 saturated carbocycles. The summed E-state index contributed by atoms with van der Waals surface area (Å²) in [5, 5.41) is 57.3. The van der Waals surface area contributed by atoms with Crippen LogP contribution in [0, 0.1) is 0 Å². The number of primary amides is 2. The van der Waals surface area contributed by atoms with Gasteiger partial charge in [-0.05, 0) is 152 Å². The number of hydrogen-bond acceptors (Lipinski definition) is 20. The van der Waals surface area contributed by atoms with Gasteiger partial charge in [-0.1, -0.05) is 62.4 Å². The van der Waals surface area contributed by atoms with Gasteiger partial charge in [-0.2, -0.15) is 0 Å².